The number of oxazole rings is 1. The average molecular weight is 763 g/mol. The number of aliphatic carboxylic acids is 1. The van der Waals surface area contributed by atoms with Crippen molar-refractivity contribution in [3.05, 3.63) is 100 Å². The van der Waals surface area contributed by atoms with Crippen LogP contribution in [0.2, 0.25) is 0 Å². The number of halogens is 3. The second-order valence-electron chi connectivity index (χ2n) is 15.4. The Morgan fingerprint density at radius 1 is 0.964 bits per heavy atom. The van der Waals surface area contributed by atoms with E-state index >= 15 is 0 Å². The van der Waals surface area contributed by atoms with Gasteiger partial charge in [-0.1, -0.05) is 24.3 Å². The summed E-state index contributed by atoms with van der Waals surface area (Å²) in [4.78, 5) is 29.9. The maximum atomic E-state index is 14.8. The number of hydrogen-bond acceptors (Lipinski definition) is 9. The highest BCUT2D eigenvalue weighted by molar-refractivity contribution is 5.91. The number of alkyl halides is 3. The molecule has 13 heteroatoms. The van der Waals surface area contributed by atoms with Crippen LogP contribution in [-0.2, 0) is 23.9 Å². The fourth-order valence-electron chi connectivity index (χ4n) is 9.04. The maximum Gasteiger partial charge on any atom is 0.420 e. The van der Waals surface area contributed by atoms with E-state index in [1.807, 2.05) is 67.4 Å². The number of nitrogens with one attached hydrogen (secondary N) is 1. The summed E-state index contributed by atoms with van der Waals surface area (Å²) in [7, 11) is 0. The molecule has 2 fully saturated rings. The van der Waals surface area contributed by atoms with E-state index in [2.05, 4.69) is 26.3 Å². The molecule has 1 aliphatic carbocycles. The number of aliphatic hydroxyl groups excluding tert-OH is 1. The van der Waals surface area contributed by atoms with E-state index in [1.54, 1.807) is 12.3 Å². The standard InChI is InChI=1S/C43H41F3N6O4/c1-23-29(30-6-4-8-34(24(30)2)49-40-38-26(11-14-47-40)17-25(19-48-38)20-51-15-13-28(53)22-51)5-3-7-31(23)41-50-35-18-33-32(37(39(35)56-41)43(44,45)46)9-10-36(33)52-16-12-27(21-52)42(54)55/h3-8,11,14,17-19,27-28,36,53H,9-10,12-13,15-16,20-22H2,1-2H3,(H,47,49)(H,54,55)/t27-,28-,36-/m1/s1. The van der Waals surface area contributed by atoms with Crippen LogP contribution < -0.4 is 5.32 Å². The zero-order valence-corrected chi connectivity index (χ0v) is 31.0. The van der Waals surface area contributed by atoms with Crippen molar-refractivity contribution in [2.45, 2.75) is 64.4 Å². The fraction of sp³-hybridized carbons (Fsp3) is 0.349. The molecule has 0 unspecified atom stereocenters. The molecule has 3 aromatic carbocycles. The van der Waals surface area contributed by atoms with Crippen molar-refractivity contribution in [2.75, 3.05) is 31.5 Å². The molecule has 288 valence electrons. The van der Waals surface area contributed by atoms with E-state index in [0.29, 0.717) is 49.4 Å². The van der Waals surface area contributed by atoms with E-state index < -0.39 is 23.6 Å². The Morgan fingerprint density at radius 3 is 2.50 bits per heavy atom. The molecule has 0 spiro atoms. The number of anilines is 2. The summed E-state index contributed by atoms with van der Waals surface area (Å²) in [6.07, 6.45) is 0.627. The van der Waals surface area contributed by atoms with Crippen molar-refractivity contribution >= 4 is 39.5 Å². The normalized spacial score (nSPS) is 20.4. The van der Waals surface area contributed by atoms with E-state index in [9.17, 15) is 28.2 Å². The van der Waals surface area contributed by atoms with Gasteiger partial charge in [-0.05, 0) is 115 Å². The second kappa shape index (κ2) is 14.0. The molecule has 3 aliphatic rings. The SMILES string of the molecule is Cc1c(Nc2nccc3cc(CN4CC[C@@H](O)C4)cnc23)cccc1-c1cccc(-c2nc3cc4c(c(C(F)(F)F)c3o2)CC[C@H]4N2CC[C@@H](C(=O)O)C2)c1C. The number of benzene rings is 3. The molecular formula is C43H41F3N6O4. The first-order valence-corrected chi connectivity index (χ1v) is 19.0. The van der Waals surface area contributed by atoms with Crippen LogP contribution in [0.1, 0.15) is 58.7 Å². The summed E-state index contributed by atoms with van der Waals surface area (Å²) < 4.78 is 50.6. The number of β-amino-alcohol motifs (C(OH)–C–C–N with tert-alkyl or cyclic N) is 1. The third-order valence-corrected chi connectivity index (χ3v) is 11.9. The highest BCUT2D eigenvalue weighted by Crippen LogP contribution is 2.48. The zero-order chi connectivity index (χ0) is 38.9. The Balaban J connectivity index is 1.03. The highest BCUT2D eigenvalue weighted by atomic mass is 19.4. The maximum absolute atomic E-state index is 14.8. The van der Waals surface area contributed by atoms with E-state index in [0.717, 1.165) is 63.9 Å². The molecule has 5 heterocycles. The van der Waals surface area contributed by atoms with Crippen molar-refractivity contribution in [3.63, 3.8) is 0 Å². The first kappa shape index (κ1) is 36.3. The molecule has 6 aromatic rings. The van der Waals surface area contributed by atoms with Gasteiger partial charge in [0, 0.05) is 61.3 Å². The van der Waals surface area contributed by atoms with Gasteiger partial charge < -0.3 is 19.9 Å². The van der Waals surface area contributed by atoms with Crippen LogP contribution in [0, 0.1) is 19.8 Å². The van der Waals surface area contributed by atoms with E-state index in [-0.39, 0.29) is 41.1 Å². The fourth-order valence-corrected chi connectivity index (χ4v) is 9.04. The number of fused-ring (bicyclic) bond motifs is 3. The number of hydrogen-bond donors (Lipinski definition) is 3. The van der Waals surface area contributed by atoms with Crippen LogP contribution >= 0.6 is 0 Å². The predicted octanol–water partition coefficient (Wildman–Crippen LogP) is 8.44. The van der Waals surface area contributed by atoms with Crippen molar-refractivity contribution < 1.29 is 32.6 Å². The van der Waals surface area contributed by atoms with Crippen LogP contribution in [-0.4, -0.2) is 73.2 Å². The van der Waals surface area contributed by atoms with Gasteiger partial charge in [0.2, 0.25) is 5.89 Å². The van der Waals surface area contributed by atoms with Crippen LogP contribution in [0.25, 0.3) is 44.6 Å². The summed E-state index contributed by atoms with van der Waals surface area (Å²) in [6, 6.07) is 17.0. The lowest BCUT2D eigenvalue weighted by atomic mass is 9.93. The van der Waals surface area contributed by atoms with Crippen molar-refractivity contribution in [1.29, 1.82) is 0 Å². The number of carboxylic acid groups (broad SMARTS) is 1. The van der Waals surface area contributed by atoms with Crippen LogP contribution in [0.5, 0.6) is 0 Å². The average Bonchev–Trinajstić information content (AvgIpc) is 3.98. The number of carboxylic acids is 1. The molecule has 0 amide bonds. The van der Waals surface area contributed by atoms with Crippen LogP contribution in [0.15, 0.2) is 71.4 Å². The third-order valence-electron chi connectivity index (χ3n) is 11.9. The van der Waals surface area contributed by atoms with Gasteiger partial charge in [0.25, 0.3) is 0 Å². The Hall–Kier alpha value is -5.37. The zero-order valence-electron chi connectivity index (χ0n) is 31.0. The summed E-state index contributed by atoms with van der Waals surface area (Å²) in [5.74, 6) is -0.681. The molecule has 3 atom stereocenters. The Kier molecular flexibility index (Phi) is 9.06. The van der Waals surface area contributed by atoms with Gasteiger partial charge >= 0.3 is 12.1 Å². The first-order valence-electron chi connectivity index (χ1n) is 19.0. The van der Waals surface area contributed by atoms with Crippen molar-refractivity contribution in [3.8, 4) is 22.6 Å². The molecule has 56 heavy (non-hydrogen) atoms. The molecule has 3 aromatic heterocycles. The second-order valence-corrected chi connectivity index (χ2v) is 15.4. The van der Waals surface area contributed by atoms with Gasteiger partial charge in [-0.25, -0.2) is 9.97 Å². The molecule has 2 saturated heterocycles. The monoisotopic (exact) mass is 762 g/mol. The lowest BCUT2D eigenvalue weighted by molar-refractivity contribution is -0.141. The topological polar surface area (TPSA) is 128 Å². The smallest absolute Gasteiger partial charge is 0.420 e. The highest BCUT2D eigenvalue weighted by Gasteiger charge is 2.44. The number of pyridine rings is 2. The van der Waals surface area contributed by atoms with Crippen LogP contribution in [0.4, 0.5) is 24.7 Å². The van der Waals surface area contributed by atoms with Crippen molar-refractivity contribution in [1.82, 2.24) is 24.8 Å². The van der Waals surface area contributed by atoms with Gasteiger partial charge in [0.05, 0.1) is 12.0 Å². The van der Waals surface area contributed by atoms with Crippen molar-refractivity contribution in [2.24, 2.45) is 5.92 Å². The number of nitrogens with zero attached hydrogens (tertiary/aromatic N) is 5. The minimum atomic E-state index is -4.67. The number of aromatic nitrogens is 3. The van der Waals surface area contributed by atoms with Gasteiger partial charge in [-0.15, -0.1) is 0 Å². The Morgan fingerprint density at radius 2 is 1.75 bits per heavy atom. The molecule has 10 nitrogen and oxygen atoms in total. The minimum absolute atomic E-state index is 0.107. The first-order chi connectivity index (χ1) is 26.9. The minimum Gasteiger partial charge on any atom is -0.481 e. The van der Waals surface area contributed by atoms with Gasteiger partial charge in [-0.3, -0.25) is 19.6 Å². The van der Waals surface area contributed by atoms with E-state index in [4.69, 9.17) is 9.40 Å². The third kappa shape index (κ3) is 6.47. The summed E-state index contributed by atoms with van der Waals surface area (Å²) in [5, 5.41) is 23.9. The molecular weight excluding hydrogens is 722 g/mol. The van der Waals surface area contributed by atoms with Gasteiger partial charge in [0.15, 0.2) is 11.4 Å². The van der Waals surface area contributed by atoms with Gasteiger partial charge in [-0.2, -0.15) is 13.2 Å². The molecule has 9 rings (SSSR count). The number of likely N-dealkylation sites (tertiary alicyclic amines) is 2. The summed E-state index contributed by atoms with van der Waals surface area (Å²) in [6.45, 7) is 7.00. The number of carbonyl (C=O) groups is 1. The molecule has 0 radical (unpaired) electrons. The summed E-state index contributed by atoms with van der Waals surface area (Å²) >= 11 is 0. The molecule has 0 bridgehead atoms. The summed E-state index contributed by atoms with van der Waals surface area (Å²) in [5.41, 5.74) is 6.61. The predicted molar refractivity (Wildman–Crippen MR) is 206 cm³/mol. The lowest BCUT2D eigenvalue weighted by Gasteiger charge is -2.25. The largest absolute Gasteiger partial charge is 0.481 e. The number of rotatable bonds is 8. The number of aliphatic hydroxyl groups is 1. The molecule has 2 aliphatic heterocycles. The van der Waals surface area contributed by atoms with E-state index in [1.165, 1.54) is 0 Å². The molecule has 3 N–H and O–H groups in total. The lowest BCUT2D eigenvalue weighted by Crippen LogP contribution is -2.26. The van der Waals surface area contributed by atoms with Gasteiger partial charge in [0.1, 0.15) is 16.6 Å². The van der Waals surface area contributed by atoms with Crippen LogP contribution in [0.3, 0.4) is 0 Å². The molecule has 0 saturated carbocycles. The Bertz CT molecular complexity index is 2520. The quantitative estimate of drug-likeness (QED) is 0.139. The Labute approximate surface area is 321 Å².